The first kappa shape index (κ1) is 56.2. The van der Waals surface area contributed by atoms with Crippen LogP contribution in [0.25, 0.3) is 0 Å². The molecule has 160 valence electrons. The number of hydrogen-bond donors (Lipinski definition) is 8. The van der Waals surface area contributed by atoms with Crippen LogP contribution in [0, 0.1) is 41.7 Å². The molecule has 0 heterocycles. The molecule has 0 aliphatic rings. The second-order valence-corrected chi connectivity index (χ2v) is 5.13. The fourth-order valence-corrected chi connectivity index (χ4v) is 0. The van der Waals surface area contributed by atoms with Crippen molar-refractivity contribution in [2.75, 3.05) is 0 Å². The molecule has 0 unspecified atom stereocenters. The fraction of sp³-hybridized carbons (Fsp3) is 0. The van der Waals surface area contributed by atoms with Gasteiger partial charge in [0, 0.05) is 0 Å². The summed E-state index contributed by atoms with van der Waals surface area (Å²) in [5.74, 6) is 0. The van der Waals surface area contributed by atoms with Gasteiger partial charge in [-0.05, 0) is 0 Å². The molecule has 0 aromatic carbocycles. The Labute approximate surface area is 176 Å². The first-order valence-corrected chi connectivity index (χ1v) is 8.19. The summed E-state index contributed by atoms with van der Waals surface area (Å²) in [4.78, 5) is 0. The number of hydrogen-bond acceptors (Lipinski definition) is 16. The Balaban J connectivity index is -0.0000000183. The predicted molar refractivity (Wildman–Crippen MR) is 69.4 cm³/mol. The zero-order valence-electron chi connectivity index (χ0n) is 11.6. The zero-order valence-corrected chi connectivity index (χ0v) is 18.1. The van der Waals surface area contributed by atoms with Crippen molar-refractivity contribution < 1.29 is 112 Å². The molecule has 20 nitrogen and oxygen atoms in total. The van der Waals surface area contributed by atoms with Crippen molar-refractivity contribution in [3.63, 3.8) is 0 Å². The van der Waals surface area contributed by atoms with E-state index in [4.69, 9.17) is 70.1 Å². The first-order chi connectivity index (χ1) is 8.00. The SMILES string of the molecule is N.N.N.N.O=S(=O)([O-])O.O=S(=O)([O-])O.O=S(=O)([O-])O.O=S(=O)([O-])O.[Ce+4]. The van der Waals surface area contributed by atoms with Gasteiger partial charge >= 0.3 is 41.7 Å². The van der Waals surface area contributed by atoms with Crippen molar-refractivity contribution >= 4 is 41.6 Å². The molecular weight excluding hydrogens is 580 g/mol. The molecule has 0 rings (SSSR count). The predicted octanol–water partition coefficient (Wildman–Crippen LogP) is -3.33. The Morgan fingerprint density at radius 2 is 0.400 bits per heavy atom. The van der Waals surface area contributed by atoms with Gasteiger partial charge in [0.2, 0.25) is 41.6 Å². The largest absolute Gasteiger partial charge is 4.00 e. The second kappa shape index (κ2) is 22.7. The molecule has 0 bridgehead atoms. The van der Waals surface area contributed by atoms with Gasteiger partial charge in [0.25, 0.3) is 0 Å². The van der Waals surface area contributed by atoms with E-state index in [-0.39, 0.29) is 66.3 Å². The maximum absolute atomic E-state index is 8.63. The third-order valence-corrected chi connectivity index (χ3v) is 0. The minimum absolute atomic E-state index is 0. The summed E-state index contributed by atoms with van der Waals surface area (Å²) < 4.78 is 131. The smallest absolute Gasteiger partial charge is 0.726 e. The van der Waals surface area contributed by atoms with Crippen LogP contribution in [0.2, 0.25) is 0 Å². The summed E-state index contributed by atoms with van der Waals surface area (Å²) in [6, 6.07) is 0. The molecule has 0 aromatic rings. The van der Waals surface area contributed by atoms with Gasteiger partial charge in [-0.2, -0.15) is 0 Å². The van der Waals surface area contributed by atoms with Gasteiger partial charge in [-0.25, -0.2) is 33.7 Å². The van der Waals surface area contributed by atoms with Gasteiger partial charge in [0.15, 0.2) is 0 Å². The summed E-state index contributed by atoms with van der Waals surface area (Å²) in [7, 11) is -19.7. The maximum Gasteiger partial charge on any atom is 4.00 e. The zero-order chi connectivity index (χ0) is 18.0. The van der Waals surface area contributed by atoms with Gasteiger partial charge in [-0.3, -0.25) is 18.2 Å². The summed E-state index contributed by atoms with van der Waals surface area (Å²) in [5.41, 5.74) is 0. The van der Waals surface area contributed by atoms with Gasteiger partial charge in [-0.15, -0.1) is 0 Å². The molecule has 0 spiro atoms. The molecule has 0 atom stereocenters. The Bertz CT molecular complexity index is 489. The molecule has 0 fully saturated rings. The van der Waals surface area contributed by atoms with Crippen LogP contribution in [0.1, 0.15) is 0 Å². The van der Waals surface area contributed by atoms with Gasteiger partial charge < -0.3 is 42.8 Å². The van der Waals surface area contributed by atoms with Crippen LogP contribution in [0.4, 0.5) is 0 Å². The van der Waals surface area contributed by atoms with Crippen LogP contribution in [0.15, 0.2) is 0 Å². The molecule has 25 heteroatoms. The van der Waals surface area contributed by atoms with E-state index in [9.17, 15) is 0 Å². The van der Waals surface area contributed by atoms with Gasteiger partial charge in [0.05, 0.1) is 0 Å². The van der Waals surface area contributed by atoms with Gasteiger partial charge in [-0.1, -0.05) is 0 Å². The monoisotopic (exact) mass is 596 g/mol. The van der Waals surface area contributed by atoms with Crippen LogP contribution in [-0.2, 0) is 41.6 Å². The molecule has 0 amide bonds. The standard InChI is InChI=1S/Ce.4H3N.4H2O4S/c;;;;;4*1-5(2,3)4/h;4*1H3;4*(H2,1,2,3,4)/q+4;;;;;;;;/p-4. The van der Waals surface area contributed by atoms with Crippen molar-refractivity contribution in [3.05, 3.63) is 0 Å². The number of rotatable bonds is 0. The van der Waals surface area contributed by atoms with Crippen LogP contribution < -0.4 is 24.6 Å². The Morgan fingerprint density at radius 3 is 0.400 bits per heavy atom. The average Bonchev–Trinajstić information content (AvgIpc) is 1.62. The van der Waals surface area contributed by atoms with Crippen LogP contribution in [0.5, 0.6) is 0 Å². The van der Waals surface area contributed by atoms with Crippen molar-refractivity contribution in [1.29, 1.82) is 0 Å². The molecule has 16 N–H and O–H groups in total. The van der Waals surface area contributed by atoms with E-state index >= 15 is 0 Å². The summed E-state index contributed by atoms with van der Waals surface area (Å²) in [6.45, 7) is 0. The van der Waals surface area contributed by atoms with E-state index in [1.165, 1.54) is 0 Å². The third-order valence-electron chi connectivity index (χ3n) is 0. The minimum atomic E-state index is -4.92. The Hall–Kier alpha value is 0.697. The fourth-order valence-electron chi connectivity index (χ4n) is 0. The molecule has 0 saturated heterocycles. The van der Waals surface area contributed by atoms with E-state index in [0.29, 0.717) is 0 Å². The molecule has 0 aliphatic heterocycles. The van der Waals surface area contributed by atoms with Crippen LogP contribution >= 0.6 is 0 Å². The molecular formula is H16CeN4O16S4. The van der Waals surface area contributed by atoms with Gasteiger partial charge in [0.1, 0.15) is 0 Å². The topological polar surface area (TPSA) is 450 Å². The molecule has 25 heavy (non-hydrogen) atoms. The van der Waals surface area contributed by atoms with Crippen molar-refractivity contribution in [3.8, 4) is 0 Å². The van der Waals surface area contributed by atoms with Crippen molar-refractivity contribution in [1.82, 2.24) is 24.6 Å². The summed E-state index contributed by atoms with van der Waals surface area (Å²) >= 11 is 0. The maximum atomic E-state index is 8.63. The molecule has 0 aliphatic carbocycles. The van der Waals surface area contributed by atoms with Crippen molar-refractivity contribution in [2.24, 2.45) is 0 Å². The average molecular weight is 597 g/mol. The van der Waals surface area contributed by atoms with E-state index in [1.54, 1.807) is 0 Å². The first-order valence-electron chi connectivity index (χ1n) is 2.73. The Kier molecular flexibility index (Phi) is 51.1. The van der Waals surface area contributed by atoms with Crippen LogP contribution in [-0.4, -0.2) is 70.1 Å². The van der Waals surface area contributed by atoms with E-state index in [2.05, 4.69) is 0 Å². The van der Waals surface area contributed by atoms with E-state index in [1.807, 2.05) is 0 Å². The second-order valence-electron chi connectivity index (χ2n) is 1.71. The normalized spacial score (nSPS) is 9.28. The van der Waals surface area contributed by atoms with E-state index in [0.717, 1.165) is 0 Å². The van der Waals surface area contributed by atoms with Crippen molar-refractivity contribution in [2.45, 2.75) is 0 Å². The summed E-state index contributed by atoms with van der Waals surface area (Å²) in [5, 5.41) is 0. The Morgan fingerprint density at radius 1 is 0.400 bits per heavy atom. The molecule has 0 aromatic heterocycles. The molecule has 0 radical (unpaired) electrons. The minimum Gasteiger partial charge on any atom is -0.726 e. The quantitative estimate of drug-likeness (QED) is 0.0999. The summed E-state index contributed by atoms with van der Waals surface area (Å²) in [6.07, 6.45) is 0. The molecule has 0 saturated carbocycles. The van der Waals surface area contributed by atoms with Crippen LogP contribution in [0.3, 0.4) is 0 Å². The van der Waals surface area contributed by atoms with E-state index < -0.39 is 41.6 Å². The third kappa shape index (κ3) is 26200.